The van der Waals surface area contributed by atoms with E-state index in [2.05, 4.69) is 17.2 Å². The summed E-state index contributed by atoms with van der Waals surface area (Å²) in [5.41, 5.74) is -0.132. The van der Waals surface area contributed by atoms with E-state index in [-0.39, 0.29) is 18.0 Å². The molecule has 1 aliphatic rings. The summed E-state index contributed by atoms with van der Waals surface area (Å²) >= 11 is 1.54. The molecule has 0 spiro atoms. The molecule has 2 aromatic rings. The second kappa shape index (κ2) is 5.36. The first-order valence-corrected chi connectivity index (χ1v) is 7.73. The maximum atomic E-state index is 12.3. The van der Waals surface area contributed by atoms with Crippen molar-refractivity contribution in [2.75, 3.05) is 6.54 Å². The third-order valence-electron chi connectivity index (χ3n) is 3.52. The second-order valence-corrected chi connectivity index (χ2v) is 6.33. The first-order valence-electron chi connectivity index (χ1n) is 6.92. The van der Waals surface area contributed by atoms with Gasteiger partial charge < -0.3 is 5.32 Å². The fraction of sp³-hybridized carbons (Fsp3) is 0.500. The summed E-state index contributed by atoms with van der Waals surface area (Å²) in [7, 11) is 0. The van der Waals surface area contributed by atoms with E-state index in [0.29, 0.717) is 11.3 Å². The van der Waals surface area contributed by atoms with Crippen LogP contribution >= 0.6 is 11.3 Å². The van der Waals surface area contributed by atoms with Crippen LogP contribution in [0.2, 0.25) is 0 Å². The smallest absolute Gasteiger partial charge is 0.262 e. The Morgan fingerprint density at radius 1 is 1.55 bits per heavy atom. The van der Waals surface area contributed by atoms with Crippen molar-refractivity contribution in [1.29, 1.82) is 0 Å². The standard InChI is InChI=1S/C14H17N3O2S/c1-2-10-5-11-13(20-10)16-8-17(14(11)19)7-12(18)15-6-9-3-4-9/h5,8-9H,2-4,6-7H2,1H3,(H,15,18). The number of nitrogens with zero attached hydrogens (tertiary/aromatic N) is 2. The number of thiophene rings is 1. The molecule has 3 rings (SSSR count). The average Bonchev–Trinajstić information content (AvgIpc) is 3.17. The monoisotopic (exact) mass is 291 g/mol. The van der Waals surface area contributed by atoms with Crippen LogP contribution in [0.25, 0.3) is 10.2 Å². The molecule has 0 aromatic carbocycles. The molecule has 1 fully saturated rings. The van der Waals surface area contributed by atoms with Crippen LogP contribution in [0.4, 0.5) is 0 Å². The summed E-state index contributed by atoms with van der Waals surface area (Å²) in [5.74, 6) is 0.520. The third kappa shape index (κ3) is 2.75. The van der Waals surface area contributed by atoms with E-state index in [1.807, 2.05) is 6.07 Å². The number of nitrogens with one attached hydrogen (secondary N) is 1. The second-order valence-electron chi connectivity index (χ2n) is 5.21. The quantitative estimate of drug-likeness (QED) is 0.909. The van der Waals surface area contributed by atoms with Crippen molar-refractivity contribution in [3.05, 3.63) is 27.6 Å². The number of aromatic nitrogens is 2. The highest BCUT2D eigenvalue weighted by molar-refractivity contribution is 7.18. The molecule has 0 unspecified atom stereocenters. The van der Waals surface area contributed by atoms with Crippen molar-refractivity contribution in [3.8, 4) is 0 Å². The minimum atomic E-state index is -0.132. The lowest BCUT2D eigenvalue weighted by Crippen LogP contribution is -2.33. The molecular weight excluding hydrogens is 274 g/mol. The molecule has 2 heterocycles. The molecule has 20 heavy (non-hydrogen) atoms. The number of fused-ring (bicyclic) bond motifs is 1. The van der Waals surface area contributed by atoms with Gasteiger partial charge in [-0.05, 0) is 31.2 Å². The Labute approximate surface area is 120 Å². The molecule has 0 radical (unpaired) electrons. The van der Waals surface area contributed by atoms with Crippen LogP contribution in [-0.4, -0.2) is 22.0 Å². The normalized spacial score (nSPS) is 14.7. The van der Waals surface area contributed by atoms with Crippen LogP contribution < -0.4 is 10.9 Å². The molecule has 0 bridgehead atoms. The van der Waals surface area contributed by atoms with Gasteiger partial charge in [-0.3, -0.25) is 14.2 Å². The molecule has 1 N–H and O–H groups in total. The number of carbonyl (C=O) groups excluding carboxylic acids is 1. The summed E-state index contributed by atoms with van der Waals surface area (Å²) in [6, 6.07) is 1.88. The topological polar surface area (TPSA) is 64.0 Å². The van der Waals surface area contributed by atoms with Gasteiger partial charge in [0.25, 0.3) is 5.56 Å². The van der Waals surface area contributed by atoms with E-state index < -0.39 is 0 Å². The fourth-order valence-electron chi connectivity index (χ4n) is 2.09. The lowest BCUT2D eigenvalue weighted by Gasteiger charge is -2.06. The Morgan fingerprint density at radius 3 is 3.05 bits per heavy atom. The van der Waals surface area contributed by atoms with Gasteiger partial charge in [0.15, 0.2) is 0 Å². The zero-order valence-electron chi connectivity index (χ0n) is 11.4. The number of hydrogen-bond acceptors (Lipinski definition) is 4. The van der Waals surface area contributed by atoms with E-state index in [1.165, 1.54) is 35.1 Å². The Hall–Kier alpha value is -1.69. The Kier molecular flexibility index (Phi) is 3.56. The molecule has 0 aliphatic heterocycles. The zero-order valence-corrected chi connectivity index (χ0v) is 12.2. The van der Waals surface area contributed by atoms with Crippen LogP contribution in [0, 0.1) is 5.92 Å². The van der Waals surface area contributed by atoms with Gasteiger partial charge in [0, 0.05) is 11.4 Å². The maximum Gasteiger partial charge on any atom is 0.262 e. The zero-order chi connectivity index (χ0) is 14.1. The molecule has 2 aromatic heterocycles. The predicted molar refractivity (Wildman–Crippen MR) is 79.0 cm³/mol. The Morgan fingerprint density at radius 2 is 2.35 bits per heavy atom. The molecule has 0 atom stereocenters. The number of hydrogen-bond donors (Lipinski definition) is 1. The van der Waals surface area contributed by atoms with Crippen LogP contribution in [0.15, 0.2) is 17.2 Å². The van der Waals surface area contributed by atoms with E-state index in [0.717, 1.165) is 22.7 Å². The van der Waals surface area contributed by atoms with Crippen molar-refractivity contribution in [2.45, 2.75) is 32.7 Å². The van der Waals surface area contributed by atoms with E-state index in [1.54, 1.807) is 0 Å². The SMILES string of the molecule is CCc1cc2c(=O)n(CC(=O)NCC3CC3)cnc2s1. The highest BCUT2D eigenvalue weighted by atomic mass is 32.1. The summed E-state index contributed by atoms with van der Waals surface area (Å²) in [4.78, 5) is 30.3. The average molecular weight is 291 g/mol. The Bertz CT molecular complexity index is 700. The van der Waals surface area contributed by atoms with E-state index in [9.17, 15) is 9.59 Å². The van der Waals surface area contributed by atoms with Crippen molar-refractivity contribution in [2.24, 2.45) is 5.92 Å². The van der Waals surface area contributed by atoms with Crippen LogP contribution in [-0.2, 0) is 17.8 Å². The van der Waals surface area contributed by atoms with Gasteiger partial charge >= 0.3 is 0 Å². The molecule has 1 aliphatic carbocycles. The van der Waals surface area contributed by atoms with Gasteiger partial charge in [-0.15, -0.1) is 11.3 Å². The first-order chi connectivity index (χ1) is 9.67. The predicted octanol–water partition coefficient (Wildman–Crippen LogP) is 1.55. The molecule has 5 nitrogen and oxygen atoms in total. The molecule has 106 valence electrons. The molecular formula is C14H17N3O2S. The number of rotatable bonds is 5. The van der Waals surface area contributed by atoms with Crippen LogP contribution in [0.3, 0.4) is 0 Å². The summed E-state index contributed by atoms with van der Waals surface area (Å²) in [6.45, 7) is 2.82. The highest BCUT2D eigenvalue weighted by Crippen LogP contribution is 2.27. The summed E-state index contributed by atoms with van der Waals surface area (Å²) in [5, 5.41) is 3.48. The summed E-state index contributed by atoms with van der Waals surface area (Å²) in [6.07, 6.45) is 4.75. The fourth-order valence-corrected chi connectivity index (χ4v) is 3.01. The molecule has 0 saturated heterocycles. The Balaban J connectivity index is 1.78. The van der Waals surface area contributed by atoms with Crippen LogP contribution in [0.5, 0.6) is 0 Å². The van der Waals surface area contributed by atoms with E-state index in [4.69, 9.17) is 0 Å². The highest BCUT2D eigenvalue weighted by Gasteiger charge is 2.21. The van der Waals surface area contributed by atoms with Gasteiger partial charge in [0.2, 0.25) is 5.91 Å². The first kappa shape index (κ1) is 13.3. The van der Waals surface area contributed by atoms with Crippen LogP contribution in [0.1, 0.15) is 24.6 Å². The lowest BCUT2D eigenvalue weighted by atomic mass is 10.3. The molecule has 6 heteroatoms. The van der Waals surface area contributed by atoms with E-state index >= 15 is 0 Å². The largest absolute Gasteiger partial charge is 0.354 e. The number of aryl methyl sites for hydroxylation is 1. The van der Waals surface area contributed by atoms with Crippen molar-refractivity contribution >= 4 is 27.5 Å². The van der Waals surface area contributed by atoms with Crippen molar-refractivity contribution in [3.63, 3.8) is 0 Å². The number of carbonyl (C=O) groups is 1. The minimum absolute atomic E-state index is 0.0474. The lowest BCUT2D eigenvalue weighted by molar-refractivity contribution is -0.121. The van der Waals surface area contributed by atoms with Crippen molar-refractivity contribution < 1.29 is 4.79 Å². The third-order valence-corrected chi connectivity index (χ3v) is 4.70. The minimum Gasteiger partial charge on any atom is -0.354 e. The summed E-state index contributed by atoms with van der Waals surface area (Å²) < 4.78 is 1.39. The van der Waals surface area contributed by atoms with Gasteiger partial charge in [-0.25, -0.2) is 4.98 Å². The van der Waals surface area contributed by atoms with Crippen molar-refractivity contribution in [1.82, 2.24) is 14.9 Å². The van der Waals surface area contributed by atoms with Gasteiger partial charge in [0.05, 0.1) is 11.7 Å². The molecule has 1 amide bonds. The van der Waals surface area contributed by atoms with Gasteiger partial charge in [0.1, 0.15) is 11.4 Å². The maximum absolute atomic E-state index is 12.3. The molecule has 1 saturated carbocycles. The van der Waals surface area contributed by atoms with Gasteiger partial charge in [-0.1, -0.05) is 6.92 Å². The van der Waals surface area contributed by atoms with Gasteiger partial charge in [-0.2, -0.15) is 0 Å². The number of amides is 1.